The molecule has 2 aliphatic heterocycles. The molecule has 2 heterocycles. The van der Waals surface area contributed by atoms with Gasteiger partial charge in [-0.2, -0.15) is 5.26 Å². The molecular weight excluding hydrogens is 502 g/mol. The molecule has 1 spiro atoms. The summed E-state index contributed by atoms with van der Waals surface area (Å²) in [5, 5.41) is 9.47. The monoisotopic (exact) mass is 535 g/mol. The highest BCUT2D eigenvalue weighted by molar-refractivity contribution is 6.33. The van der Waals surface area contributed by atoms with Gasteiger partial charge in [-0.05, 0) is 86.6 Å². The SMILES string of the molecule is C#Cc1cc2c(cc1N1CCN(C(=O)OC(C)(C)C)CC1)C1(CCOCC1)C1=C(C2=O)c2ccc(C#N)cc2C1. The quantitative estimate of drug-likeness (QED) is 0.486. The van der Waals surface area contributed by atoms with Gasteiger partial charge in [0.1, 0.15) is 5.60 Å². The maximum atomic E-state index is 14.1. The van der Waals surface area contributed by atoms with Crippen LogP contribution < -0.4 is 4.90 Å². The summed E-state index contributed by atoms with van der Waals surface area (Å²) >= 11 is 0. The van der Waals surface area contributed by atoms with Crippen molar-refractivity contribution in [3.8, 4) is 18.4 Å². The van der Waals surface area contributed by atoms with Gasteiger partial charge in [0.05, 0.1) is 17.3 Å². The van der Waals surface area contributed by atoms with Crippen LogP contribution in [0.15, 0.2) is 35.9 Å². The van der Waals surface area contributed by atoms with Crippen LogP contribution in [-0.2, 0) is 21.3 Å². The van der Waals surface area contributed by atoms with E-state index in [-0.39, 0.29) is 17.3 Å². The Bertz CT molecular complexity index is 1530. The molecule has 1 amide bonds. The number of anilines is 1. The zero-order valence-corrected chi connectivity index (χ0v) is 23.3. The first-order chi connectivity index (χ1) is 19.1. The molecule has 0 atom stereocenters. The lowest BCUT2D eigenvalue weighted by molar-refractivity contribution is 0.0240. The highest BCUT2D eigenvalue weighted by atomic mass is 16.6. The Morgan fingerprint density at radius 2 is 1.80 bits per heavy atom. The second kappa shape index (κ2) is 9.54. The number of allylic oxidation sites excluding steroid dienone is 2. The number of piperazine rings is 1. The Balaban J connectivity index is 1.39. The Morgan fingerprint density at radius 3 is 2.45 bits per heavy atom. The van der Waals surface area contributed by atoms with Gasteiger partial charge < -0.3 is 19.3 Å². The third-order valence-electron chi connectivity index (χ3n) is 8.65. The number of terminal acetylenes is 1. The normalized spacial score (nSPS) is 19.5. The Hall–Kier alpha value is -4.07. The van der Waals surface area contributed by atoms with E-state index in [1.807, 2.05) is 39.0 Å². The largest absolute Gasteiger partial charge is 0.444 e. The molecule has 0 unspecified atom stereocenters. The summed E-state index contributed by atoms with van der Waals surface area (Å²) in [7, 11) is 0. The molecule has 204 valence electrons. The molecule has 0 aromatic heterocycles. The van der Waals surface area contributed by atoms with Crippen LogP contribution in [0.4, 0.5) is 10.5 Å². The molecule has 2 aromatic rings. The van der Waals surface area contributed by atoms with Crippen molar-refractivity contribution in [2.75, 3.05) is 44.3 Å². The van der Waals surface area contributed by atoms with E-state index >= 15 is 0 Å². The third-order valence-corrected chi connectivity index (χ3v) is 8.65. The fourth-order valence-corrected chi connectivity index (χ4v) is 6.76. The van der Waals surface area contributed by atoms with Crippen molar-refractivity contribution in [1.29, 1.82) is 5.26 Å². The van der Waals surface area contributed by atoms with Crippen LogP contribution in [0.2, 0.25) is 0 Å². The Kier molecular flexibility index (Phi) is 6.24. The lowest BCUT2D eigenvalue weighted by Gasteiger charge is -2.44. The zero-order valence-electron chi connectivity index (χ0n) is 23.3. The van der Waals surface area contributed by atoms with Crippen LogP contribution in [0.5, 0.6) is 0 Å². The smallest absolute Gasteiger partial charge is 0.410 e. The summed E-state index contributed by atoms with van der Waals surface area (Å²) in [5.74, 6) is 2.84. The molecule has 6 rings (SSSR count). The average molecular weight is 536 g/mol. The molecule has 2 aliphatic carbocycles. The number of carbonyl (C=O) groups excluding carboxylic acids is 2. The molecule has 0 radical (unpaired) electrons. The van der Waals surface area contributed by atoms with Crippen molar-refractivity contribution in [2.45, 2.75) is 51.0 Å². The van der Waals surface area contributed by atoms with Crippen LogP contribution >= 0.6 is 0 Å². The van der Waals surface area contributed by atoms with Crippen LogP contribution in [0.3, 0.4) is 0 Å². The van der Waals surface area contributed by atoms with Gasteiger partial charge in [-0.15, -0.1) is 6.42 Å². The molecular formula is C33H33N3O4. The van der Waals surface area contributed by atoms with Crippen molar-refractivity contribution in [1.82, 2.24) is 4.90 Å². The molecule has 40 heavy (non-hydrogen) atoms. The van der Waals surface area contributed by atoms with E-state index in [9.17, 15) is 14.9 Å². The minimum Gasteiger partial charge on any atom is -0.444 e. The van der Waals surface area contributed by atoms with Gasteiger partial charge in [0.25, 0.3) is 0 Å². The highest BCUT2D eigenvalue weighted by Crippen LogP contribution is 2.55. The number of ether oxygens (including phenoxy) is 2. The van der Waals surface area contributed by atoms with Crippen molar-refractivity contribution < 1.29 is 19.1 Å². The van der Waals surface area contributed by atoms with Crippen molar-refractivity contribution >= 4 is 23.1 Å². The number of rotatable bonds is 1. The molecule has 4 aliphatic rings. The maximum Gasteiger partial charge on any atom is 0.410 e. The molecule has 0 N–H and O–H groups in total. The number of amides is 1. The number of hydrogen-bond acceptors (Lipinski definition) is 6. The number of Topliss-reactive ketones (excluding diaryl/α,β-unsaturated/α-hetero) is 1. The summed E-state index contributed by atoms with van der Waals surface area (Å²) < 4.78 is 11.4. The first-order valence-corrected chi connectivity index (χ1v) is 13.9. The van der Waals surface area contributed by atoms with E-state index in [4.69, 9.17) is 15.9 Å². The average Bonchev–Trinajstić information content (AvgIpc) is 3.35. The van der Waals surface area contributed by atoms with Crippen LogP contribution in [-0.4, -0.2) is 61.8 Å². The number of ketones is 1. The minimum atomic E-state index is -0.544. The van der Waals surface area contributed by atoms with E-state index in [0.717, 1.165) is 46.4 Å². The summed E-state index contributed by atoms with van der Waals surface area (Å²) in [6.45, 7) is 9.13. The number of fused-ring (bicyclic) bond motifs is 5. The van der Waals surface area contributed by atoms with Crippen molar-refractivity contribution in [3.05, 3.63) is 69.3 Å². The summed E-state index contributed by atoms with van der Waals surface area (Å²) in [6.07, 6.45) is 7.95. The topological polar surface area (TPSA) is 82.9 Å². The second-order valence-corrected chi connectivity index (χ2v) is 12.1. The molecule has 2 fully saturated rings. The molecule has 0 saturated carbocycles. The van der Waals surface area contributed by atoms with Gasteiger partial charge in [-0.1, -0.05) is 12.0 Å². The van der Waals surface area contributed by atoms with E-state index in [1.54, 1.807) is 11.0 Å². The molecule has 7 nitrogen and oxygen atoms in total. The third kappa shape index (κ3) is 4.17. The number of nitriles is 1. The Labute approximate surface area is 235 Å². The fourth-order valence-electron chi connectivity index (χ4n) is 6.76. The Morgan fingerprint density at radius 1 is 1.07 bits per heavy atom. The lowest BCUT2D eigenvalue weighted by Crippen LogP contribution is -2.50. The number of carbonyl (C=O) groups is 2. The van der Waals surface area contributed by atoms with Gasteiger partial charge in [0.15, 0.2) is 5.78 Å². The van der Waals surface area contributed by atoms with E-state index < -0.39 is 5.60 Å². The van der Waals surface area contributed by atoms with Crippen molar-refractivity contribution in [3.63, 3.8) is 0 Å². The zero-order chi connectivity index (χ0) is 28.2. The number of benzene rings is 2. The van der Waals surface area contributed by atoms with Gasteiger partial charge >= 0.3 is 6.09 Å². The number of hydrogen-bond donors (Lipinski definition) is 0. The van der Waals surface area contributed by atoms with Crippen LogP contribution in [0, 0.1) is 23.7 Å². The summed E-state index contributed by atoms with van der Waals surface area (Å²) in [5.41, 5.74) is 6.91. The van der Waals surface area contributed by atoms with E-state index in [1.165, 1.54) is 0 Å². The predicted molar refractivity (Wildman–Crippen MR) is 152 cm³/mol. The van der Waals surface area contributed by atoms with Crippen molar-refractivity contribution in [2.24, 2.45) is 0 Å². The van der Waals surface area contributed by atoms with Gasteiger partial charge in [-0.25, -0.2) is 4.79 Å². The van der Waals surface area contributed by atoms with Gasteiger partial charge in [0.2, 0.25) is 0 Å². The van der Waals surface area contributed by atoms with Crippen LogP contribution in [0.1, 0.15) is 71.8 Å². The molecule has 0 bridgehead atoms. The first-order valence-electron chi connectivity index (χ1n) is 13.9. The standard InChI is InChI=1S/C33H33N3O4/c1-5-22-17-25-26(19-28(22)35-10-12-36(13-11-35)31(38)40-32(2,3)4)33(8-14-39-15-9-33)27-18-23-16-21(20-34)6-7-24(23)29(27)30(25)37/h1,6-7,16-17,19H,8-15,18H2,2-4H3. The summed E-state index contributed by atoms with van der Waals surface area (Å²) in [6, 6.07) is 11.9. The minimum absolute atomic E-state index is 0.00312. The van der Waals surface area contributed by atoms with Crippen LogP contribution in [0.25, 0.3) is 5.57 Å². The fraction of sp³-hybridized carbons (Fsp3) is 0.424. The van der Waals surface area contributed by atoms with Gasteiger partial charge in [0, 0.05) is 61.5 Å². The second-order valence-electron chi connectivity index (χ2n) is 12.1. The molecule has 7 heteroatoms. The molecule has 2 saturated heterocycles. The summed E-state index contributed by atoms with van der Waals surface area (Å²) in [4.78, 5) is 30.7. The predicted octanol–water partition coefficient (Wildman–Crippen LogP) is 4.85. The highest BCUT2D eigenvalue weighted by Gasteiger charge is 2.49. The number of nitrogens with zero attached hydrogens (tertiary/aromatic N) is 3. The van der Waals surface area contributed by atoms with E-state index in [0.29, 0.717) is 62.5 Å². The first kappa shape index (κ1) is 26.2. The molecule has 2 aromatic carbocycles. The lowest BCUT2D eigenvalue weighted by atomic mass is 9.62. The van der Waals surface area contributed by atoms with Gasteiger partial charge in [-0.3, -0.25) is 4.79 Å². The maximum absolute atomic E-state index is 14.1. The van der Waals surface area contributed by atoms with E-state index in [2.05, 4.69) is 23.0 Å².